The minimum Gasteiger partial charge on any atom is -0.496 e. The Kier molecular flexibility index (Phi) is 7.28. The Morgan fingerprint density at radius 2 is 2.11 bits per heavy atom. The Hall–Kier alpha value is -0.710. The maximum atomic E-state index is 9.13. The first-order chi connectivity index (χ1) is 9.13. The zero-order valence-corrected chi connectivity index (χ0v) is 13.1. The first-order valence-electron chi connectivity index (χ1n) is 6.77. The topological polar surface area (TPSA) is 41.5 Å². The molecular weight excluding hydrogens is 258 g/mol. The van der Waals surface area contributed by atoms with Crippen LogP contribution in [0.2, 0.25) is 0 Å². The second-order valence-corrected chi connectivity index (χ2v) is 5.81. The summed E-state index contributed by atoms with van der Waals surface area (Å²) in [5.41, 5.74) is 1.21. The molecule has 0 saturated carbocycles. The van der Waals surface area contributed by atoms with E-state index in [1.54, 1.807) is 18.9 Å². The Balaban J connectivity index is 2.95. The Bertz CT molecular complexity index is 384. The molecule has 0 radical (unpaired) electrons. The van der Waals surface area contributed by atoms with Crippen LogP contribution in [-0.4, -0.2) is 31.1 Å². The summed E-state index contributed by atoms with van der Waals surface area (Å²) in [6.07, 6.45) is 0. The molecule has 1 aromatic rings. The molecule has 0 aliphatic carbocycles. The zero-order chi connectivity index (χ0) is 14.3. The zero-order valence-electron chi connectivity index (χ0n) is 12.3. The average molecular weight is 283 g/mol. The molecule has 0 saturated heterocycles. The van der Waals surface area contributed by atoms with Gasteiger partial charge >= 0.3 is 0 Å². The van der Waals surface area contributed by atoms with Gasteiger partial charge in [0.15, 0.2) is 0 Å². The van der Waals surface area contributed by atoms with Gasteiger partial charge in [-0.25, -0.2) is 0 Å². The molecule has 0 aliphatic rings. The minimum absolute atomic E-state index is 0.231. The van der Waals surface area contributed by atoms with Crippen molar-refractivity contribution in [2.24, 2.45) is 5.92 Å². The number of hydrogen-bond acceptors (Lipinski definition) is 4. The van der Waals surface area contributed by atoms with Crippen molar-refractivity contribution >= 4 is 11.8 Å². The minimum atomic E-state index is 0.231. The molecule has 2 unspecified atom stereocenters. The van der Waals surface area contributed by atoms with Gasteiger partial charge in [0.05, 0.1) is 7.11 Å². The maximum Gasteiger partial charge on any atom is 0.124 e. The molecule has 19 heavy (non-hydrogen) atoms. The lowest BCUT2D eigenvalue weighted by Gasteiger charge is -2.20. The molecule has 4 heteroatoms. The van der Waals surface area contributed by atoms with Gasteiger partial charge in [-0.2, -0.15) is 0 Å². The maximum absolute atomic E-state index is 9.13. The molecule has 0 spiro atoms. The number of nitrogens with one attached hydrogen (secondary N) is 1. The number of thioether (sulfide) groups is 1. The molecule has 0 aromatic heterocycles. The van der Waals surface area contributed by atoms with E-state index in [-0.39, 0.29) is 12.6 Å². The Morgan fingerprint density at radius 1 is 1.37 bits per heavy atom. The summed E-state index contributed by atoms with van der Waals surface area (Å²) in [6, 6.07) is 6.41. The molecule has 0 bridgehead atoms. The van der Waals surface area contributed by atoms with Crippen molar-refractivity contribution in [1.82, 2.24) is 5.32 Å². The van der Waals surface area contributed by atoms with Gasteiger partial charge in [0.2, 0.25) is 0 Å². The summed E-state index contributed by atoms with van der Waals surface area (Å²) in [4.78, 5) is 1.23. The molecule has 0 amide bonds. The largest absolute Gasteiger partial charge is 0.496 e. The van der Waals surface area contributed by atoms with Crippen LogP contribution in [0.25, 0.3) is 0 Å². The van der Waals surface area contributed by atoms with Crippen molar-refractivity contribution in [2.75, 3.05) is 26.0 Å². The van der Waals surface area contributed by atoms with Crippen LogP contribution in [0.15, 0.2) is 23.1 Å². The fourth-order valence-electron chi connectivity index (χ4n) is 1.95. The summed E-state index contributed by atoms with van der Waals surface area (Å²) in [5.74, 6) is 2.14. The number of rotatable bonds is 8. The normalized spacial score (nSPS) is 14.2. The standard InChI is InChI=1S/C15H25NO2S/c1-5-16-12(3)15-13(18-4)7-6-8-14(15)19-10-11(2)9-17/h6-8,11-12,16-17H,5,9-10H2,1-4H3. The van der Waals surface area contributed by atoms with Crippen LogP contribution >= 0.6 is 11.8 Å². The second kappa shape index (κ2) is 8.46. The van der Waals surface area contributed by atoms with E-state index in [1.165, 1.54) is 10.5 Å². The first-order valence-corrected chi connectivity index (χ1v) is 7.76. The van der Waals surface area contributed by atoms with Crippen LogP contribution in [-0.2, 0) is 0 Å². The molecule has 1 rings (SSSR count). The third-order valence-electron chi connectivity index (χ3n) is 3.02. The molecular formula is C15H25NO2S. The number of hydrogen-bond donors (Lipinski definition) is 2. The van der Waals surface area contributed by atoms with Crippen molar-refractivity contribution in [2.45, 2.75) is 31.7 Å². The van der Waals surface area contributed by atoms with Gasteiger partial charge in [0.25, 0.3) is 0 Å². The van der Waals surface area contributed by atoms with Gasteiger partial charge in [0, 0.05) is 28.9 Å². The lowest BCUT2D eigenvalue weighted by molar-refractivity contribution is 0.250. The quantitative estimate of drug-likeness (QED) is 0.719. The van der Waals surface area contributed by atoms with Crippen LogP contribution < -0.4 is 10.1 Å². The summed E-state index contributed by atoms with van der Waals surface area (Å²) < 4.78 is 5.48. The predicted molar refractivity (Wildman–Crippen MR) is 82.1 cm³/mol. The van der Waals surface area contributed by atoms with Crippen LogP contribution in [0.4, 0.5) is 0 Å². The van der Waals surface area contributed by atoms with E-state index in [9.17, 15) is 0 Å². The van der Waals surface area contributed by atoms with E-state index in [1.807, 2.05) is 12.1 Å². The molecule has 108 valence electrons. The average Bonchev–Trinajstić information content (AvgIpc) is 2.44. The first kappa shape index (κ1) is 16.3. The van der Waals surface area contributed by atoms with Gasteiger partial charge in [-0.15, -0.1) is 11.8 Å². The third-order valence-corrected chi connectivity index (χ3v) is 4.43. The molecule has 2 atom stereocenters. The number of aliphatic hydroxyl groups is 1. The monoisotopic (exact) mass is 283 g/mol. The molecule has 0 fully saturated rings. The third kappa shape index (κ3) is 4.71. The highest BCUT2D eigenvalue weighted by molar-refractivity contribution is 7.99. The fourth-order valence-corrected chi connectivity index (χ4v) is 3.12. The number of aliphatic hydroxyl groups excluding tert-OH is 1. The Labute approximate surface area is 120 Å². The van der Waals surface area contributed by atoms with E-state index in [4.69, 9.17) is 9.84 Å². The number of methoxy groups -OCH3 is 1. The van der Waals surface area contributed by atoms with Crippen LogP contribution in [0.1, 0.15) is 32.4 Å². The van der Waals surface area contributed by atoms with Crippen LogP contribution in [0, 0.1) is 5.92 Å². The van der Waals surface area contributed by atoms with E-state index >= 15 is 0 Å². The number of benzene rings is 1. The number of ether oxygens (including phenoxy) is 1. The van der Waals surface area contributed by atoms with Gasteiger partial charge in [-0.1, -0.05) is 19.9 Å². The van der Waals surface area contributed by atoms with Gasteiger partial charge in [-0.05, 0) is 31.5 Å². The summed E-state index contributed by atoms with van der Waals surface area (Å²) in [7, 11) is 1.71. The van der Waals surface area contributed by atoms with E-state index in [0.29, 0.717) is 5.92 Å². The SMILES string of the molecule is CCNC(C)c1c(OC)cccc1SCC(C)CO. The lowest BCUT2D eigenvalue weighted by Crippen LogP contribution is -2.19. The van der Waals surface area contributed by atoms with Crippen molar-refractivity contribution in [3.63, 3.8) is 0 Å². The summed E-state index contributed by atoms with van der Waals surface area (Å²) in [5, 5.41) is 12.6. The highest BCUT2D eigenvalue weighted by atomic mass is 32.2. The van der Waals surface area contributed by atoms with Crippen molar-refractivity contribution in [3.05, 3.63) is 23.8 Å². The highest BCUT2D eigenvalue weighted by Crippen LogP contribution is 2.35. The van der Waals surface area contributed by atoms with E-state index < -0.39 is 0 Å². The van der Waals surface area contributed by atoms with Crippen LogP contribution in [0.3, 0.4) is 0 Å². The van der Waals surface area contributed by atoms with Crippen molar-refractivity contribution in [1.29, 1.82) is 0 Å². The van der Waals surface area contributed by atoms with Gasteiger partial charge < -0.3 is 15.2 Å². The van der Waals surface area contributed by atoms with Crippen molar-refractivity contribution in [3.8, 4) is 5.75 Å². The van der Waals surface area contributed by atoms with E-state index in [2.05, 4.69) is 32.2 Å². The van der Waals surface area contributed by atoms with Gasteiger partial charge in [0.1, 0.15) is 5.75 Å². The Morgan fingerprint density at radius 3 is 2.68 bits per heavy atom. The summed E-state index contributed by atoms with van der Waals surface area (Å²) in [6.45, 7) is 7.47. The fraction of sp³-hybridized carbons (Fsp3) is 0.600. The van der Waals surface area contributed by atoms with Crippen LogP contribution in [0.5, 0.6) is 5.75 Å². The summed E-state index contributed by atoms with van der Waals surface area (Å²) >= 11 is 1.78. The predicted octanol–water partition coefficient (Wildman–Crippen LogP) is 3.09. The molecule has 3 nitrogen and oxygen atoms in total. The smallest absolute Gasteiger partial charge is 0.124 e. The van der Waals surface area contributed by atoms with Gasteiger partial charge in [-0.3, -0.25) is 0 Å². The lowest BCUT2D eigenvalue weighted by atomic mass is 10.1. The second-order valence-electron chi connectivity index (χ2n) is 4.75. The molecule has 0 heterocycles. The molecule has 0 aliphatic heterocycles. The highest BCUT2D eigenvalue weighted by Gasteiger charge is 2.16. The molecule has 2 N–H and O–H groups in total. The molecule has 1 aromatic carbocycles. The van der Waals surface area contributed by atoms with Crippen molar-refractivity contribution < 1.29 is 9.84 Å². The van der Waals surface area contributed by atoms with E-state index in [0.717, 1.165) is 18.0 Å².